The number of hydrogen-bond donors (Lipinski definition) is 3. The van der Waals surface area contributed by atoms with Crippen LogP contribution in [0.25, 0.3) is 11.1 Å². The Morgan fingerprint density at radius 1 is 1.00 bits per heavy atom. The Balaban J connectivity index is 1.28. The van der Waals surface area contributed by atoms with E-state index in [1.54, 1.807) is 13.8 Å². The lowest BCUT2D eigenvalue weighted by molar-refractivity contribution is -0.145. The molecular formula is C27H32N2O5. The Morgan fingerprint density at radius 3 is 2.12 bits per heavy atom. The molecule has 0 saturated heterocycles. The van der Waals surface area contributed by atoms with E-state index in [1.807, 2.05) is 24.3 Å². The van der Waals surface area contributed by atoms with Crippen molar-refractivity contribution in [2.75, 3.05) is 19.7 Å². The van der Waals surface area contributed by atoms with Gasteiger partial charge in [-0.05, 0) is 54.9 Å². The average molecular weight is 465 g/mol. The van der Waals surface area contributed by atoms with Crippen molar-refractivity contribution in [1.29, 1.82) is 0 Å². The normalized spacial score (nSPS) is 16.1. The third kappa shape index (κ3) is 4.93. The van der Waals surface area contributed by atoms with Crippen LogP contribution in [0.1, 0.15) is 50.2 Å². The van der Waals surface area contributed by atoms with Crippen LogP contribution in [0.5, 0.6) is 0 Å². The number of carbonyl (C=O) groups excluding carboxylic acids is 2. The minimum absolute atomic E-state index is 0.0334. The zero-order valence-corrected chi connectivity index (χ0v) is 19.7. The Morgan fingerprint density at radius 2 is 1.59 bits per heavy atom. The summed E-state index contributed by atoms with van der Waals surface area (Å²) in [6.45, 7) is 3.81. The third-order valence-electron chi connectivity index (χ3n) is 7.15. The molecule has 2 aliphatic rings. The number of nitrogens with one attached hydrogen (secondary N) is 2. The highest BCUT2D eigenvalue weighted by Gasteiger charge is 2.35. The molecule has 1 fully saturated rings. The summed E-state index contributed by atoms with van der Waals surface area (Å²) in [6.07, 6.45) is 2.23. The highest BCUT2D eigenvalue weighted by atomic mass is 16.5. The molecule has 2 aromatic rings. The summed E-state index contributed by atoms with van der Waals surface area (Å²) in [6, 6.07) is 16.3. The topological polar surface area (TPSA) is 105 Å². The van der Waals surface area contributed by atoms with Crippen LogP contribution in [0.4, 0.5) is 4.79 Å². The molecule has 2 aliphatic carbocycles. The van der Waals surface area contributed by atoms with Crippen molar-refractivity contribution in [3.8, 4) is 11.1 Å². The second-order valence-corrected chi connectivity index (χ2v) is 9.91. The molecule has 1 unspecified atom stereocenters. The van der Waals surface area contributed by atoms with Gasteiger partial charge in [0, 0.05) is 19.0 Å². The van der Waals surface area contributed by atoms with Crippen molar-refractivity contribution in [2.45, 2.75) is 39.0 Å². The average Bonchev–Trinajstić information content (AvgIpc) is 3.11. The zero-order valence-electron chi connectivity index (χ0n) is 19.7. The van der Waals surface area contributed by atoms with E-state index in [0.717, 1.165) is 41.5 Å². The molecule has 0 bridgehead atoms. The highest BCUT2D eigenvalue weighted by Crippen LogP contribution is 2.44. The fourth-order valence-corrected chi connectivity index (χ4v) is 4.76. The molecule has 7 nitrogen and oxygen atoms in total. The maximum atomic E-state index is 12.7. The number of amides is 2. The highest BCUT2D eigenvalue weighted by molar-refractivity contribution is 5.83. The zero-order chi connectivity index (χ0) is 24.3. The molecule has 3 N–H and O–H groups in total. The van der Waals surface area contributed by atoms with Crippen LogP contribution in [-0.4, -0.2) is 42.8 Å². The van der Waals surface area contributed by atoms with E-state index in [2.05, 4.69) is 34.9 Å². The fraction of sp³-hybridized carbons (Fsp3) is 0.444. The molecule has 2 amide bonds. The predicted octanol–water partition coefficient (Wildman–Crippen LogP) is 4.17. The van der Waals surface area contributed by atoms with E-state index in [4.69, 9.17) is 4.74 Å². The summed E-state index contributed by atoms with van der Waals surface area (Å²) < 4.78 is 5.54. The molecule has 0 heterocycles. The monoisotopic (exact) mass is 464 g/mol. The van der Waals surface area contributed by atoms with Crippen molar-refractivity contribution in [3.05, 3.63) is 59.7 Å². The third-order valence-corrected chi connectivity index (χ3v) is 7.15. The van der Waals surface area contributed by atoms with Crippen molar-refractivity contribution in [1.82, 2.24) is 10.6 Å². The Hall–Kier alpha value is -3.35. The van der Waals surface area contributed by atoms with E-state index in [0.29, 0.717) is 0 Å². The quantitative estimate of drug-likeness (QED) is 0.517. The standard InChI is InChI=1S/C27H32N2O5/c1-27(2,25(32)28-14-22(24(30)31)17-8-7-9-17)16-29-26(33)34-15-23-20-12-5-3-10-18(20)19-11-4-6-13-21(19)23/h3-6,10-13,17,22-23H,7-9,14-16H2,1-2H3,(H,28,32)(H,29,33)(H,30,31). The summed E-state index contributed by atoms with van der Waals surface area (Å²) >= 11 is 0. The number of carbonyl (C=O) groups is 3. The second-order valence-electron chi connectivity index (χ2n) is 9.91. The van der Waals surface area contributed by atoms with Crippen molar-refractivity contribution in [3.63, 3.8) is 0 Å². The lowest BCUT2D eigenvalue weighted by Crippen LogP contribution is -2.48. The van der Waals surface area contributed by atoms with Gasteiger partial charge in [0.2, 0.25) is 5.91 Å². The van der Waals surface area contributed by atoms with Crippen molar-refractivity contribution >= 4 is 18.0 Å². The molecule has 4 rings (SSSR count). The van der Waals surface area contributed by atoms with Gasteiger partial charge in [-0.2, -0.15) is 0 Å². The van der Waals surface area contributed by atoms with E-state index in [-0.39, 0.29) is 37.4 Å². The summed E-state index contributed by atoms with van der Waals surface area (Å²) in [4.78, 5) is 36.6. The van der Waals surface area contributed by atoms with Gasteiger partial charge in [-0.1, -0.05) is 55.0 Å². The largest absolute Gasteiger partial charge is 0.481 e. The first-order chi connectivity index (χ1) is 16.3. The SMILES string of the molecule is CC(C)(CNC(=O)OCC1c2ccccc2-c2ccccc21)C(=O)NCC(C(=O)O)C1CCC1. The number of rotatable bonds is 9. The maximum absolute atomic E-state index is 12.7. The molecule has 0 aromatic heterocycles. The molecule has 1 saturated carbocycles. The van der Waals surface area contributed by atoms with Gasteiger partial charge in [-0.25, -0.2) is 4.79 Å². The second kappa shape index (κ2) is 9.87. The van der Waals surface area contributed by atoms with Gasteiger partial charge in [0.25, 0.3) is 0 Å². The summed E-state index contributed by atoms with van der Waals surface area (Å²) in [7, 11) is 0. The number of hydrogen-bond acceptors (Lipinski definition) is 4. The van der Waals surface area contributed by atoms with E-state index < -0.39 is 23.4 Å². The van der Waals surface area contributed by atoms with Gasteiger partial charge < -0.3 is 20.5 Å². The Kier molecular flexibility index (Phi) is 6.91. The Bertz CT molecular complexity index is 1030. The molecule has 0 spiro atoms. The summed E-state index contributed by atoms with van der Waals surface area (Å²) in [5, 5.41) is 14.9. The van der Waals surface area contributed by atoms with Crippen LogP contribution in [0.2, 0.25) is 0 Å². The lowest BCUT2D eigenvalue weighted by atomic mass is 9.75. The van der Waals surface area contributed by atoms with Crippen LogP contribution in [-0.2, 0) is 14.3 Å². The molecule has 34 heavy (non-hydrogen) atoms. The number of fused-ring (bicyclic) bond motifs is 3. The van der Waals surface area contributed by atoms with Crippen LogP contribution in [0.3, 0.4) is 0 Å². The minimum atomic E-state index is -0.908. The van der Waals surface area contributed by atoms with Crippen molar-refractivity contribution in [2.24, 2.45) is 17.3 Å². The first-order valence-electron chi connectivity index (χ1n) is 11.9. The van der Waals surface area contributed by atoms with Gasteiger partial charge in [0.15, 0.2) is 0 Å². The van der Waals surface area contributed by atoms with Crippen LogP contribution in [0.15, 0.2) is 48.5 Å². The van der Waals surface area contributed by atoms with Crippen LogP contribution in [0, 0.1) is 17.3 Å². The van der Waals surface area contributed by atoms with Gasteiger partial charge in [-0.3, -0.25) is 9.59 Å². The summed E-state index contributed by atoms with van der Waals surface area (Å²) in [5.74, 6) is -1.64. The van der Waals surface area contributed by atoms with E-state index in [9.17, 15) is 19.5 Å². The first-order valence-corrected chi connectivity index (χ1v) is 11.9. The first kappa shape index (κ1) is 23.8. The molecule has 1 atom stereocenters. The molecule has 180 valence electrons. The van der Waals surface area contributed by atoms with Gasteiger partial charge in [-0.15, -0.1) is 0 Å². The minimum Gasteiger partial charge on any atom is -0.481 e. The van der Waals surface area contributed by atoms with Crippen LogP contribution >= 0.6 is 0 Å². The lowest BCUT2D eigenvalue weighted by Gasteiger charge is -2.32. The number of aliphatic carboxylic acids is 1. The molecule has 7 heteroatoms. The van der Waals surface area contributed by atoms with Gasteiger partial charge >= 0.3 is 12.1 Å². The number of ether oxygens (including phenoxy) is 1. The van der Waals surface area contributed by atoms with E-state index >= 15 is 0 Å². The molecule has 0 radical (unpaired) electrons. The fourth-order valence-electron chi connectivity index (χ4n) is 4.76. The number of carboxylic acids is 1. The maximum Gasteiger partial charge on any atom is 0.407 e. The molecular weight excluding hydrogens is 432 g/mol. The number of alkyl carbamates (subject to hydrolysis) is 1. The molecule has 0 aliphatic heterocycles. The van der Waals surface area contributed by atoms with Crippen molar-refractivity contribution < 1.29 is 24.2 Å². The number of benzene rings is 2. The molecule has 2 aromatic carbocycles. The summed E-state index contributed by atoms with van der Waals surface area (Å²) in [5.41, 5.74) is 3.68. The number of carboxylic acid groups (broad SMARTS) is 1. The smallest absolute Gasteiger partial charge is 0.407 e. The van der Waals surface area contributed by atoms with Gasteiger partial charge in [0.1, 0.15) is 6.61 Å². The van der Waals surface area contributed by atoms with Gasteiger partial charge in [0.05, 0.1) is 11.3 Å². The predicted molar refractivity (Wildman–Crippen MR) is 128 cm³/mol. The Labute approximate surface area is 199 Å². The van der Waals surface area contributed by atoms with E-state index in [1.165, 1.54) is 0 Å². The van der Waals surface area contributed by atoms with Crippen LogP contribution < -0.4 is 10.6 Å².